The van der Waals surface area contributed by atoms with Crippen LogP contribution in [0.2, 0.25) is 0 Å². The molecule has 0 bridgehead atoms. The van der Waals surface area contributed by atoms with Crippen LogP contribution in [0.25, 0.3) is 0 Å². The summed E-state index contributed by atoms with van der Waals surface area (Å²) in [4.78, 5) is 12.7. The number of likely N-dealkylation sites (tertiary alicyclic amines) is 1. The zero-order valence-corrected chi connectivity index (χ0v) is 7.74. The number of rotatable bonds is 6. The molecular weight excluding hydrogens is 166 g/mol. The summed E-state index contributed by atoms with van der Waals surface area (Å²) >= 11 is 0. The van der Waals surface area contributed by atoms with Crippen molar-refractivity contribution in [1.29, 1.82) is 0 Å². The van der Waals surface area contributed by atoms with Gasteiger partial charge in [0.1, 0.15) is 6.23 Å². The second-order valence-electron chi connectivity index (χ2n) is 2.94. The molecule has 0 saturated carbocycles. The fourth-order valence-corrected chi connectivity index (χ4v) is 1.22. The lowest BCUT2D eigenvalue weighted by molar-refractivity contribution is -0.171. The predicted octanol–water partition coefficient (Wildman–Crippen LogP) is 1.32. The topological polar surface area (TPSA) is 29.5 Å². The molecule has 72 valence electrons. The van der Waals surface area contributed by atoms with Crippen LogP contribution in [0.15, 0.2) is 25.3 Å². The molecule has 0 spiro atoms. The lowest BCUT2D eigenvalue weighted by Gasteiger charge is -2.39. The summed E-state index contributed by atoms with van der Waals surface area (Å²) in [7, 11) is 0. The quantitative estimate of drug-likeness (QED) is 0.351. The first-order valence-corrected chi connectivity index (χ1v) is 4.42. The van der Waals surface area contributed by atoms with E-state index in [1.165, 1.54) is 0 Å². The Morgan fingerprint density at radius 2 is 2.31 bits per heavy atom. The first-order chi connectivity index (χ1) is 6.29. The van der Waals surface area contributed by atoms with Crippen LogP contribution in [-0.4, -0.2) is 30.2 Å². The van der Waals surface area contributed by atoms with Gasteiger partial charge in [0.05, 0.1) is 13.0 Å². The van der Waals surface area contributed by atoms with E-state index in [9.17, 15) is 4.79 Å². The van der Waals surface area contributed by atoms with Crippen LogP contribution >= 0.6 is 0 Å². The number of hydrogen-bond donors (Lipinski definition) is 0. The van der Waals surface area contributed by atoms with Crippen LogP contribution in [0.3, 0.4) is 0 Å². The van der Waals surface area contributed by atoms with Crippen molar-refractivity contribution >= 4 is 5.91 Å². The molecule has 1 saturated heterocycles. The summed E-state index contributed by atoms with van der Waals surface area (Å²) in [6.45, 7) is 8.39. The Labute approximate surface area is 78.7 Å². The molecule has 0 aromatic rings. The van der Waals surface area contributed by atoms with E-state index in [4.69, 9.17) is 4.74 Å². The number of nitrogens with zero attached hydrogens (tertiary/aromatic N) is 1. The highest BCUT2D eigenvalue weighted by Crippen LogP contribution is 2.19. The highest BCUT2D eigenvalue weighted by molar-refractivity contribution is 5.82. The molecule has 3 heteroatoms. The van der Waals surface area contributed by atoms with Crippen LogP contribution in [0.4, 0.5) is 0 Å². The Kier molecular flexibility index (Phi) is 3.71. The van der Waals surface area contributed by atoms with Gasteiger partial charge in [0.15, 0.2) is 0 Å². The van der Waals surface area contributed by atoms with Crippen molar-refractivity contribution < 1.29 is 9.53 Å². The minimum Gasteiger partial charge on any atom is -0.357 e. The third-order valence-corrected chi connectivity index (χ3v) is 1.98. The van der Waals surface area contributed by atoms with Crippen molar-refractivity contribution in [1.82, 2.24) is 4.90 Å². The van der Waals surface area contributed by atoms with Crippen molar-refractivity contribution in [3.05, 3.63) is 25.3 Å². The standard InChI is InChI=1S/C10H15NO2/c1-3-5-7-13-10-8-9(12)11(10)6-4-2/h3-4,10H,1-2,5-8H2. The molecular formula is C10H15NO2. The molecule has 1 atom stereocenters. The summed E-state index contributed by atoms with van der Waals surface area (Å²) in [6, 6.07) is 0. The summed E-state index contributed by atoms with van der Waals surface area (Å²) in [5, 5.41) is 0. The lowest BCUT2D eigenvalue weighted by atomic mass is 10.1. The Bertz CT molecular complexity index is 213. The highest BCUT2D eigenvalue weighted by Gasteiger charge is 2.35. The van der Waals surface area contributed by atoms with Gasteiger partial charge >= 0.3 is 0 Å². The number of carbonyl (C=O) groups is 1. The maximum atomic E-state index is 11.0. The van der Waals surface area contributed by atoms with E-state index in [1.54, 1.807) is 17.1 Å². The molecule has 0 radical (unpaired) electrons. The monoisotopic (exact) mass is 181 g/mol. The summed E-state index contributed by atoms with van der Waals surface area (Å²) < 4.78 is 5.44. The molecule has 3 nitrogen and oxygen atoms in total. The summed E-state index contributed by atoms with van der Waals surface area (Å²) in [5.41, 5.74) is 0. The van der Waals surface area contributed by atoms with Gasteiger partial charge in [0, 0.05) is 6.54 Å². The smallest absolute Gasteiger partial charge is 0.229 e. The van der Waals surface area contributed by atoms with Gasteiger partial charge in [-0.2, -0.15) is 0 Å². The van der Waals surface area contributed by atoms with E-state index in [-0.39, 0.29) is 12.1 Å². The molecule has 0 N–H and O–H groups in total. The number of β-lactam (4-membered cyclic amide) rings is 1. The van der Waals surface area contributed by atoms with Gasteiger partial charge in [-0.1, -0.05) is 12.2 Å². The molecule has 1 unspecified atom stereocenters. The average Bonchev–Trinajstić information content (AvgIpc) is 2.13. The SMILES string of the molecule is C=CCCOC1CC(=O)N1CC=C. The Morgan fingerprint density at radius 3 is 2.85 bits per heavy atom. The van der Waals surface area contributed by atoms with E-state index in [0.29, 0.717) is 19.6 Å². The third kappa shape index (κ3) is 2.42. The van der Waals surface area contributed by atoms with E-state index in [0.717, 1.165) is 6.42 Å². The van der Waals surface area contributed by atoms with E-state index < -0.39 is 0 Å². The molecule has 1 aliphatic rings. The molecule has 1 heterocycles. The maximum absolute atomic E-state index is 11.0. The number of ether oxygens (including phenoxy) is 1. The first-order valence-electron chi connectivity index (χ1n) is 4.42. The van der Waals surface area contributed by atoms with Crippen molar-refractivity contribution in [3.63, 3.8) is 0 Å². The minimum absolute atomic E-state index is 0.0366. The van der Waals surface area contributed by atoms with Crippen LogP contribution in [-0.2, 0) is 9.53 Å². The molecule has 0 aromatic carbocycles. The van der Waals surface area contributed by atoms with Crippen LogP contribution in [0, 0.1) is 0 Å². The number of hydrogen-bond acceptors (Lipinski definition) is 2. The van der Waals surface area contributed by atoms with Gasteiger partial charge < -0.3 is 9.64 Å². The van der Waals surface area contributed by atoms with Crippen molar-refractivity contribution in [2.75, 3.05) is 13.2 Å². The number of carbonyl (C=O) groups excluding carboxylic acids is 1. The molecule has 13 heavy (non-hydrogen) atoms. The average molecular weight is 181 g/mol. The Hall–Kier alpha value is -1.09. The zero-order chi connectivity index (χ0) is 9.68. The maximum Gasteiger partial charge on any atom is 0.229 e. The van der Waals surface area contributed by atoms with Gasteiger partial charge in [-0.05, 0) is 6.42 Å². The Morgan fingerprint density at radius 1 is 1.54 bits per heavy atom. The first kappa shape index (κ1) is 9.99. The second kappa shape index (κ2) is 4.82. The minimum atomic E-state index is -0.0366. The van der Waals surface area contributed by atoms with Gasteiger partial charge in [-0.25, -0.2) is 0 Å². The summed E-state index contributed by atoms with van der Waals surface area (Å²) in [6.07, 6.45) is 4.81. The number of amides is 1. The van der Waals surface area contributed by atoms with Crippen molar-refractivity contribution in [2.45, 2.75) is 19.1 Å². The molecule has 1 amide bonds. The molecule has 0 aromatic heterocycles. The van der Waals surface area contributed by atoms with E-state index in [1.807, 2.05) is 0 Å². The van der Waals surface area contributed by atoms with Crippen LogP contribution < -0.4 is 0 Å². The molecule has 1 fully saturated rings. The second-order valence-corrected chi connectivity index (χ2v) is 2.94. The fraction of sp³-hybridized carbons (Fsp3) is 0.500. The molecule has 0 aliphatic carbocycles. The van der Waals surface area contributed by atoms with Gasteiger partial charge in [0.25, 0.3) is 0 Å². The summed E-state index contributed by atoms with van der Waals surface area (Å²) in [5.74, 6) is 0.142. The zero-order valence-electron chi connectivity index (χ0n) is 7.74. The van der Waals surface area contributed by atoms with Gasteiger partial charge in [-0.15, -0.1) is 13.2 Å². The highest BCUT2D eigenvalue weighted by atomic mass is 16.5. The largest absolute Gasteiger partial charge is 0.357 e. The van der Waals surface area contributed by atoms with Crippen LogP contribution in [0.5, 0.6) is 0 Å². The van der Waals surface area contributed by atoms with Gasteiger partial charge in [0.2, 0.25) is 5.91 Å². The molecule has 1 rings (SSSR count). The van der Waals surface area contributed by atoms with Crippen LogP contribution in [0.1, 0.15) is 12.8 Å². The van der Waals surface area contributed by atoms with Gasteiger partial charge in [-0.3, -0.25) is 4.79 Å². The lowest BCUT2D eigenvalue weighted by Crippen LogP contribution is -2.53. The van der Waals surface area contributed by atoms with E-state index in [2.05, 4.69) is 13.2 Å². The predicted molar refractivity (Wildman–Crippen MR) is 51.1 cm³/mol. The fourth-order valence-electron chi connectivity index (χ4n) is 1.22. The van der Waals surface area contributed by atoms with Crippen molar-refractivity contribution in [2.24, 2.45) is 0 Å². The normalized spacial score (nSPS) is 21.1. The third-order valence-electron chi connectivity index (χ3n) is 1.98. The van der Waals surface area contributed by atoms with Crippen molar-refractivity contribution in [3.8, 4) is 0 Å². The van der Waals surface area contributed by atoms with E-state index >= 15 is 0 Å². The Balaban J connectivity index is 2.23. The molecule has 1 aliphatic heterocycles.